The van der Waals surface area contributed by atoms with Crippen molar-refractivity contribution in [2.24, 2.45) is 29.1 Å². The van der Waals surface area contributed by atoms with Crippen LogP contribution < -0.4 is 0 Å². The standard InChI is InChI=1S/C23H46O3/c1-9-13-19(10-2)21(24)23(12-4,15-18(7)8)16-26-22(25)20(11-3)14-17(5)6/h17-21,24H,9-16H2,1-8H3. The number of ether oxygens (including phenoxy) is 1. The van der Waals surface area contributed by atoms with Crippen LogP contribution in [0.2, 0.25) is 0 Å². The van der Waals surface area contributed by atoms with E-state index in [1.54, 1.807) is 0 Å². The maximum absolute atomic E-state index is 12.6. The highest BCUT2D eigenvalue weighted by molar-refractivity contribution is 5.72. The second-order valence-corrected chi connectivity index (χ2v) is 9.06. The monoisotopic (exact) mass is 370 g/mol. The van der Waals surface area contributed by atoms with Gasteiger partial charge in [-0.15, -0.1) is 0 Å². The predicted octanol–water partition coefficient (Wildman–Crippen LogP) is 6.23. The zero-order chi connectivity index (χ0) is 20.3. The molecule has 0 heterocycles. The first-order chi connectivity index (χ1) is 12.2. The summed E-state index contributed by atoms with van der Waals surface area (Å²) in [5.74, 6) is 1.10. The van der Waals surface area contributed by atoms with Gasteiger partial charge in [-0.05, 0) is 49.9 Å². The summed E-state index contributed by atoms with van der Waals surface area (Å²) < 4.78 is 5.85. The van der Waals surface area contributed by atoms with Gasteiger partial charge in [-0.3, -0.25) is 4.79 Å². The summed E-state index contributed by atoms with van der Waals surface area (Å²) in [4.78, 5) is 12.6. The number of aliphatic hydroxyl groups excluding tert-OH is 1. The lowest BCUT2D eigenvalue weighted by molar-refractivity contribution is -0.159. The van der Waals surface area contributed by atoms with Crippen LogP contribution in [0.4, 0.5) is 0 Å². The van der Waals surface area contributed by atoms with E-state index in [0.29, 0.717) is 18.4 Å². The molecule has 156 valence electrons. The Kier molecular flexibility index (Phi) is 12.5. The van der Waals surface area contributed by atoms with E-state index >= 15 is 0 Å². The third-order valence-corrected chi connectivity index (χ3v) is 5.86. The second kappa shape index (κ2) is 12.8. The summed E-state index contributed by atoms with van der Waals surface area (Å²) in [7, 11) is 0. The summed E-state index contributed by atoms with van der Waals surface area (Å²) in [6, 6.07) is 0. The van der Waals surface area contributed by atoms with E-state index in [0.717, 1.165) is 44.9 Å². The fraction of sp³-hybridized carbons (Fsp3) is 0.957. The Morgan fingerprint density at radius 1 is 1.00 bits per heavy atom. The molecule has 0 aliphatic heterocycles. The predicted molar refractivity (Wildman–Crippen MR) is 111 cm³/mol. The molecule has 0 aromatic carbocycles. The molecule has 0 aliphatic carbocycles. The minimum atomic E-state index is -0.419. The van der Waals surface area contributed by atoms with Gasteiger partial charge in [-0.1, -0.05) is 68.2 Å². The molecule has 3 heteroatoms. The summed E-state index contributed by atoms with van der Waals surface area (Å²) in [6.45, 7) is 17.5. The van der Waals surface area contributed by atoms with Crippen LogP contribution in [-0.2, 0) is 9.53 Å². The largest absolute Gasteiger partial charge is 0.465 e. The van der Waals surface area contributed by atoms with Crippen molar-refractivity contribution in [1.29, 1.82) is 0 Å². The molecular formula is C23H46O3. The van der Waals surface area contributed by atoms with Crippen LogP contribution in [0.1, 0.15) is 100 Å². The van der Waals surface area contributed by atoms with E-state index in [2.05, 4.69) is 55.4 Å². The van der Waals surface area contributed by atoms with Crippen molar-refractivity contribution in [3.05, 3.63) is 0 Å². The van der Waals surface area contributed by atoms with Gasteiger partial charge in [0, 0.05) is 5.41 Å². The maximum Gasteiger partial charge on any atom is 0.308 e. The zero-order valence-electron chi connectivity index (χ0n) is 18.8. The van der Waals surface area contributed by atoms with Crippen LogP contribution in [0, 0.1) is 29.1 Å². The van der Waals surface area contributed by atoms with E-state index in [-0.39, 0.29) is 23.2 Å². The minimum Gasteiger partial charge on any atom is -0.465 e. The Morgan fingerprint density at radius 2 is 1.62 bits per heavy atom. The van der Waals surface area contributed by atoms with Crippen LogP contribution in [0.3, 0.4) is 0 Å². The fourth-order valence-corrected chi connectivity index (χ4v) is 4.32. The number of carbonyl (C=O) groups excluding carboxylic acids is 1. The van der Waals surface area contributed by atoms with Gasteiger partial charge in [-0.25, -0.2) is 0 Å². The Labute approximate surface area is 163 Å². The fourth-order valence-electron chi connectivity index (χ4n) is 4.32. The molecule has 0 saturated heterocycles. The zero-order valence-corrected chi connectivity index (χ0v) is 18.8. The molecule has 0 radical (unpaired) electrons. The van der Waals surface area contributed by atoms with E-state index < -0.39 is 6.10 Å². The first-order valence-electron chi connectivity index (χ1n) is 11.0. The number of hydrogen-bond donors (Lipinski definition) is 1. The van der Waals surface area contributed by atoms with Gasteiger partial charge in [0.15, 0.2) is 0 Å². The van der Waals surface area contributed by atoms with Crippen LogP contribution in [0.25, 0.3) is 0 Å². The van der Waals surface area contributed by atoms with Crippen LogP contribution >= 0.6 is 0 Å². The molecule has 0 amide bonds. The Bertz CT molecular complexity index is 378. The lowest BCUT2D eigenvalue weighted by atomic mass is 9.68. The quantitative estimate of drug-likeness (QED) is 0.369. The molecule has 0 bridgehead atoms. The molecule has 1 N–H and O–H groups in total. The number of aliphatic hydroxyl groups is 1. The lowest BCUT2D eigenvalue weighted by Gasteiger charge is -2.42. The molecule has 4 unspecified atom stereocenters. The summed E-state index contributed by atoms with van der Waals surface area (Å²) >= 11 is 0. The highest BCUT2D eigenvalue weighted by atomic mass is 16.5. The number of rotatable bonds is 14. The summed E-state index contributed by atoms with van der Waals surface area (Å²) in [5, 5.41) is 11.3. The molecule has 3 nitrogen and oxygen atoms in total. The van der Waals surface area contributed by atoms with Crippen LogP contribution in [0.5, 0.6) is 0 Å². The summed E-state index contributed by atoms with van der Waals surface area (Å²) in [5.41, 5.74) is -0.338. The van der Waals surface area contributed by atoms with Crippen LogP contribution in [-0.4, -0.2) is 23.8 Å². The first-order valence-corrected chi connectivity index (χ1v) is 11.0. The lowest BCUT2D eigenvalue weighted by Crippen LogP contribution is -2.45. The smallest absolute Gasteiger partial charge is 0.308 e. The van der Waals surface area contributed by atoms with E-state index in [1.165, 1.54) is 0 Å². The highest BCUT2D eigenvalue weighted by Gasteiger charge is 2.41. The van der Waals surface area contributed by atoms with Gasteiger partial charge >= 0.3 is 5.97 Å². The van der Waals surface area contributed by atoms with E-state index in [1.807, 2.05) is 0 Å². The third-order valence-electron chi connectivity index (χ3n) is 5.86. The number of esters is 1. The highest BCUT2D eigenvalue weighted by Crippen LogP contribution is 2.40. The topological polar surface area (TPSA) is 46.5 Å². The van der Waals surface area contributed by atoms with Crippen molar-refractivity contribution < 1.29 is 14.6 Å². The molecule has 26 heavy (non-hydrogen) atoms. The third kappa shape index (κ3) is 7.98. The Morgan fingerprint density at radius 3 is 2.00 bits per heavy atom. The van der Waals surface area contributed by atoms with E-state index in [4.69, 9.17) is 4.74 Å². The van der Waals surface area contributed by atoms with Crippen molar-refractivity contribution in [2.75, 3.05) is 6.61 Å². The van der Waals surface area contributed by atoms with Gasteiger partial charge in [-0.2, -0.15) is 0 Å². The molecule has 4 atom stereocenters. The van der Waals surface area contributed by atoms with Gasteiger partial charge < -0.3 is 9.84 Å². The molecule has 0 aromatic heterocycles. The molecule has 0 saturated carbocycles. The van der Waals surface area contributed by atoms with Crippen molar-refractivity contribution in [1.82, 2.24) is 0 Å². The van der Waals surface area contributed by atoms with Crippen molar-refractivity contribution in [2.45, 2.75) is 106 Å². The number of carbonyl (C=O) groups is 1. The number of hydrogen-bond acceptors (Lipinski definition) is 3. The maximum atomic E-state index is 12.6. The molecule has 0 fully saturated rings. The van der Waals surface area contributed by atoms with E-state index in [9.17, 15) is 9.90 Å². The molecule has 0 spiro atoms. The normalized spacial score (nSPS) is 17.8. The van der Waals surface area contributed by atoms with Gasteiger partial charge in [0.1, 0.15) is 0 Å². The minimum absolute atomic E-state index is 0.0293. The molecular weight excluding hydrogens is 324 g/mol. The molecule has 0 aromatic rings. The average Bonchev–Trinajstić information content (AvgIpc) is 2.59. The Balaban J connectivity index is 5.32. The van der Waals surface area contributed by atoms with Gasteiger partial charge in [0.25, 0.3) is 0 Å². The summed E-state index contributed by atoms with van der Waals surface area (Å²) in [6.07, 6.45) is 6.05. The second-order valence-electron chi connectivity index (χ2n) is 9.06. The molecule has 0 aliphatic rings. The van der Waals surface area contributed by atoms with Gasteiger partial charge in [0.2, 0.25) is 0 Å². The SMILES string of the molecule is CCCC(CC)C(O)C(CC)(COC(=O)C(CC)CC(C)C)CC(C)C. The Hall–Kier alpha value is -0.570. The van der Waals surface area contributed by atoms with Crippen LogP contribution in [0.15, 0.2) is 0 Å². The van der Waals surface area contributed by atoms with Crippen molar-refractivity contribution in [3.8, 4) is 0 Å². The van der Waals surface area contributed by atoms with Crippen molar-refractivity contribution in [3.63, 3.8) is 0 Å². The van der Waals surface area contributed by atoms with Crippen molar-refractivity contribution >= 4 is 5.97 Å². The average molecular weight is 371 g/mol. The van der Waals surface area contributed by atoms with Gasteiger partial charge in [0.05, 0.1) is 18.6 Å². The first kappa shape index (κ1) is 25.4. The molecule has 0 rings (SSSR count).